The molecule has 0 aliphatic rings. The maximum Gasteiger partial charge on any atom is 0.0623 e. The molecule has 0 saturated heterocycles. The first-order chi connectivity index (χ1) is 9.40. The van der Waals surface area contributed by atoms with Gasteiger partial charge < -0.3 is 0 Å². The molecule has 0 radical (unpaired) electrons. The fraction of sp³-hybridized carbons (Fsp3) is 0.176. The fourth-order valence-electron chi connectivity index (χ4n) is 1.77. The SMILES string of the molecule is CCCC=CN(Nc1ccccc1)c1ccccc1. The monoisotopic (exact) mass is 252 g/mol. The van der Waals surface area contributed by atoms with Crippen LogP contribution in [0.1, 0.15) is 19.8 Å². The summed E-state index contributed by atoms with van der Waals surface area (Å²) in [5.74, 6) is 0. The van der Waals surface area contributed by atoms with Crippen LogP contribution in [0.5, 0.6) is 0 Å². The Labute approximate surface area is 115 Å². The summed E-state index contributed by atoms with van der Waals surface area (Å²) in [6.07, 6.45) is 6.51. The van der Waals surface area contributed by atoms with Crippen LogP contribution in [-0.4, -0.2) is 0 Å². The van der Waals surface area contributed by atoms with Gasteiger partial charge in [-0.25, -0.2) is 0 Å². The molecule has 0 fully saturated rings. The van der Waals surface area contributed by atoms with E-state index in [4.69, 9.17) is 0 Å². The van der Waals surface area contributed by atoms with Crippen LogP contribution in [0, 0.1) is 0 Å². The van der Waals surface area contributed by atoms with Crippen LogP contribution >= 0.6 is 0 Å². The molecule has 0 aliphatic carbocycles. The van der Waals surface area contributed by atoms with Gasteiger partial charge in [-0.05, 0) is 30.7 Å². The quantitative estimate of drug-likeness (QED) is 0.740. The van der Waals surface area contributed by atoms with E-state index < -0.39 is 0 Å². The van der Waals surface area contributed by atoms with Crippen molar-refractivity contribution in [3.63, 3.8) is 0 Å². The van der Waals surface area contributed by atoms with Crippen molar-refractivity contribution in [2.45, 2.75) is 19.8 Å². The largest absolute Gasteiger partial charge is 0.294 e. The van der Waals surface area contributed by atoms with Crippen molar-refractivity contribution in [3.8, 4) is 0 Å². The van der Waals surface area contributed by atoms with Crippen molar-refractivity contribution in [3.05, 3.63) is 72.9 Å². The number of hydrogen-bond acceptors (Lipinski definition) is 2. The van der Waals surface area contributed by atoms with E-state index in [9.17, 15) is 0 Å². The minimum atomic E-state index is 1.08. The van der Waals surface area contributed by atoms with Crippen LogP contribution in [0.4, 0.5) is 11.4 Å². The number of allylic oxidation sites excluding steroid dienone is 1. The predicted octanol–water partition coefficient (Wildman–Crippen LogP) is 4.83. The summed E-state index contributed by atoms with van der Waals surface area (Å²) in [7, 11) is 0. The van der Waals surface area contributed by atoms with Gasteiger partial charge in [0.1, 0.15) is 0 Å². The Morgan fingerprint density at radius 2 is 1.58 bits per heavy atom. The average Bonchev–Trinajstić information content (AvgIpc) is 2.48. The van der Waals surface area contributed by atoms with Crippen LogP contribution in [0.3, 0.4) is 0 Å². The summed E-state index contributed by atoms with van der Waals surface area (Å²) < 4.78 is 0. The summed E-state index contributed by atoms with van der Waals surface area (Å²) in [6.45, 7) is 2.18. The topological polar surface area (TPSA) is 15.3 Å². The number of benzene rings is 2. The number of para-hydroxylation sites is 2. The molecule has 0 amide bonds. The molecule has 0 saturated carbocycles. The van der Waals surface area contributed by atoms with Gasteiger partial charge in [0.2, 0.25) is 0 Å². The fourth-order valence-corrected chi connectivity index (χ4v) is 1.77. The molecule has 1 N–H and O–H groups in total. The molecule has 2 nitrogen and oxygen atoms in total. The smallest absolute Gasteiger partial charge is 0.0623 e. The van der Waals surface area contributed by atoms with E-state index >= 15 is 0 Å². The van der Waals surface area contributed by atoms with Gasteiger partial charge in [-0.15, -0.1) is 0 Å². The summed E-state index contributed by atoms with van der Waals surface area (Å²) in [4.78, 5) is 0. The van der Waals surface area contributed by atoms with Gasteiger partial charge in [-0.3, -0.25) is 10.4 Å². The minimum Gasteiger partial charge on any atom is -0.294 e. The molecule has 19 heavy (non-hydrogen) atoms. The van der Waals surface area contributed by atoms with Gasteiger partial charge >= 0.3 is 0 Å². The maximum atomic E-state index is 3.40. The van der Waals surface area contributed by atoms with Crippen molar-refractivity contribution in [2.24, 2.45) is 0 Å². The van der Waals surface area contributed by atoms with E-state index in [1.807, 2.05) is 41.4 Å². The van der Waals surface area contributed by atoms with Gasteiger partial charge in [-0.1, -0.05) is 55.8 Å². The van der Waals surface area contributed by atoms with E-state index in [-0.39, 0.29) is 0 Å². The van der Waals surface area contributed by atoms with E-state index in [0.29, 0.717) is 0 Å². The van der Waals surface area contributed by atoms with Crippen LogP contribution < -0.4 is 10.4 Å². The molecule has 0 aromatic heterocycles. The van der Waals surface area contributed by atoms with Crippen LogP contribution in [0.15, 0.2) is 72.9 Å². The summed E-state index contributed by atoms with van der Waals surface area (Å²) in [5, 5.41) is 2.05. The van der Waals surface area contributed by atoms with Gasteiger partial charge in [0.25, 0.3) is 0 Å². The summed E-state index contributed by atoms with van der Waals surface area (Å²) >= 11 is 0. The number of hydrogen-bond donors (Lipinski definition) is 1. The van der Waals surface area contributed by atoms with Crippen molar-refractivity contribution >= 4 is 11.4 Å². The Morgan fingerprint density at radius 3 is 2.21 bits per heavy atom. The molecule has 98 valence electrons. The average molecular weight is 252 g/mol. The number of hydrazine groups is 1. The predicted molar refractivity (Wildman–Crippen MR) is 83.0 cm³/mol. The zero-order chi connectivity index (χ0) is 13.3. The second-order valence-corrected chi connectivity index (χ2v) is 4.36. The molecular weight excluding hydrogens is 232 g/mol. The van der Waals surface area contributed by atoms with E-state index in [1.165, 1.54) is 0 Å². The lowest BCUT2D eigenvalue weighted by atomic mass is 10.3. The highest BCUT2D eigenvalue weighted by atomic mass is 15.5. The highest BCUT2D eigenvalue weighted by Crippen LogP contribution is 2.16. The first kappa shape index (κ1) is 13.2. The number of rotatable bonds is 6. The number of anilines is 2. The second-order valence-electron chi connectivity index (χ2n) is 4.36. The Morgan fingerprint density at radius 1 is 0.947 bits per heavy atom. The van der Waals surface area contributed by atoms with Gasteiger partial charge in [0.05, 0.1) is 11.4 Å². The van der Waals surface area contributed by atoms with Crippen molar-refractivity contribution in [1.82, 2.24) is 0 Å². The molecular formula is C17H20N2. The van der Waals surface area contributed by atoms with Gasteiger partial charge in [-0.2, -0.15) is 0 Å². The molecule has 2 heteroatoms. The highest BCUT2D eigenvalue weighted by molar-refractivity contribution is 5.57. The maximum absolute atomic E-state index is 3.40. The Kier molecular flexibility index (Phi) is 5.06. The molecule has 0 spiro atoms. The second kappa shape index (κ2) is 7.27. The Bertz CT molecular complexity index is 491. The number of unbranched alkanes of at least 4 members (excludes halogenated alkanes) is 1. The number of nitrogens with zero attached hydrogens (tertiary/aromatic N) is 1. The summed E-state index contributed by atoms with van der Waals surface area (Å²) in [5.41, 5.74) is 5.60. The first-order valence-corrected chi connectivity index (χ1v) is 6.73. The molecule has 2 rings (SSSR count). The lowest BCUT2D eigenvalue weighted by molar-refractivity contribution is 0.950. The molecule has 0 atom stereocenters. The molecule has 0 aliphatic heterocycles. The van der Waals surface area contributed by atoms with Crippen LogP contribution in [-0.2, 0) is 0 Å². The third kappa shape index (κ3) is 4.18. The van der Waals surface area contributed by atoms with Crippen molar-refractivity contribution in [2.75, 3.05) is 10.4 Å². The molecule has 2 aromatic carbocycles. The highest BCUT2D eigenvalue weighted by Gasteiger charge is 2.01. The van der Waals surface area contributed by atoms with Gasteiger partial charge in [0, 0.05) is 6.20 Å². The van der Waals surface area contributed by atoms with Gasteiger partial charge in [0.15, 0.2) is 0 Å². The zero-order valence-electron chi connectivity index (χ0n) is 11.3. The lowest BCUT2D eigenvalue weighted by Crippen LogP contribution is -2.23. The molecule has 2 aromatic rings. The Hall–Kier alpha value is -2.22. The molecule has 0 heterocycles. The van der Waals surface area contributed by atoms with Crippen LogP contribution in [0.2, 0.25) is 0 Å². The zero-order valence-corrected chi connectivity index (χ0v) is 11.3. The Balaban J connectivity index is 2.15. The van der Waals surface area contributed by atoms with E-state index in [1.54, 1.807) is 0 Å². The van der Waals surface area contributed by atoms with Crippen molar-refractivity contribution in [1.29, 1.82) is 0 Å². The first-order valence-electron chi connectivity index (χ1n) is 6.73. The van der Waals surface area contributed by atoms with Crippen LogP contribution in [0.25, 0.3) is 0 Å². The molecule has 0 unspecified atom stereocenters. The van der Waals surface area contributed by atoms with E-state index in [0.717, 1.165) is 24.2 Å². The van der Waals surface area contributed by atoms with Crippen molar-refractivity contribution < 1.29 is 0 Å². The number of nitrogens with one attached hydrogen (secondary N) is 1. The normalized spacial score (nSPS) is 10.6. The summed E-state index contributed by atoms with van der Waals surface area (Å²) in [6, 6.07) is 20.5. The third-order valence-electron chi connectivity index (χ3n) is 2.77. The standard InChI is InChI=1S/C17H20N2/c1-2-3-10-15-19(17-13-8-5-9-14-17)18-16-11-6-4-7-12-16/h4-15,18H,2-3H2,1H3. The third-order valence-corrected chi connectivity index (χ3v) is 2.77. The van der Waals surface area contributed by atoms with E-state index in [2.05, 4.69) is 48.9 Å². The molecule has 0 bridgehead atoms. The lowest BCUT2D eigenvalue weighted by Gasteiger charge is -2.22. The minimum absolute atomic E-state index is 1.08.